The first-order chi connectivity index (χ1) is 13.4. The molecular formula is C20H19BrNO5S-. The zero-order chi connectivity index (χ0) is 20.3. The molecule has 1 aromatic heterocycles. The molecule has 1 amide bonds. The highest BCUT2D eigenvalue weighted by atomic mass is 79.9. The second kappa shape index (κ2) is 8.87. The number of aliphatic carboxylic acids is 1. The van der Waals surface area contributed by atoms with Crippen molar-refractivity contribution in [2.45, 2.75) is 25.7 Å². The average Bonchev–Trinajstić information content (AvgIpc) is 3.11. The Morgan fingerprint density at radius 2 is 1.79 bits per heavy atom. The lowest BCUT2D eigenvalue weighted by Gasteiger charge is -2.31. The van der Waals surface area contributed by atoms with Crippen molar-refractivity contribution in [3.8, 4) is 11.1 Å². The summed E-state index contributed by atoms with van der Waals surface area (Å²) >= 11 is 4.59. The molecule has 0 saturated heterocycles. The number of carboxylic acids is 1. The molecule has 148 valence electrons. The molecule has 2 atom stereocenters. The number of anilines is 1. The van der Waals surface area contributed by atoms with Crippen LogP contribution in [0.5, 0.6) is 0 Å². The van der Waals surface area contributed by atoms with E-state index < -0.39 is 29.7 Å². The highest BCUT2D eigenvalue weighted by molar-refractivity contribution is 9.10. The Morgan fingerprint density at radius 1 is 1.14 bits per heavy atom. The van der Waals surface area contributed by atoms with Gasteiger partial charge in [0.15, 0.2) is 0 Å². The number of hydrogen-bond acceptors (Lipinski definition) is 6. The highest BCUT2D eigenvalue weighted by Gasteiger charge is 2.33. The van der Waals surface area contributed by atoms with Gasteiger partial charge < -0.3 is 20.0 Å². The van der Waals surface area contributed by atoms with Crippen LogP contribution < -0.4 is 10.4 Å². The maximum atomic E-state index is 12.8. The second-order valence-corrected chi connectivity index (χ2v) is 8.45. The van der Waals surface area contributed by atoms with Gasteiger partial charge in [-0.25, -0.2) is 4.79 Å². The molecular weight excluding hydrogens is 446 g/mol. The Bertz CT molecular complexity index is 893. The summed E-state index contributed by atoms with van der Waals surface area (Å²) in [6.45, 7) is 0. The molecule has 2 unspecified atom stereocenters. The largest absolute Gasteiger partial charge is 0.550 e. The molecule has 0 spiro atoms. The Balaban J connectivity index is 1.91. The molecule has 1 aliphatic carbocycles. The van der Waals surface area contributed by atoms with E-state index in [1.807, 2.05) is 24.3 Å². The number of nitrogens with one attached hydrogen (secondary N) is 1. The topological polar surface area (TPSA) is 95.5 Å². The summed E-state index contributed by atoms with van der Waals surface area (Å²) in [7, 11) is 1.28. The van der Waals surface area contributed by atoms with Crippen molar-refractivity contribution in [1.29, 1.82) is 0 Å². The Kier molecular flexibility index (Phi) is 6.51. The van der Waals surface area contributed by atoms with E-state index in [0.717, 1.165) is 22.9 Å². The molecule has 3 rings (SSSR count). The lowest BCUT2D eigenvalue weighted by Crippen LogP contribution is -2.42. The molecule has 1 fully saturated rings. The number of amides is 1. The zero-order valence-corrected chi connectivity index (χ0v) is 17.6. The minimum absolute atomic E-state index is 0.268. The van der Waals surface area contributed by atoms with Gasteiger partial charge in [0.2, 0.25) is 5.91 Å². The van der Waals surface area contributed by atoms with Crippen molar-refractivity contribution in [2.75, 3.05) is 12.4 Å². The van der Waals surface area contributed by atoms with Crippen LogP contribution >= 0.6 is 27.3 Å². The number of methoxy groups -OCH3 is 1. The minimum atomic E-state index is -1.20. The molecule has 28 heavy (non-hydrogen) atoms. The first kappa shape index (κ1) is 20.5. The fraction of sp³-hybridized carbons (Fsp3) is 0.350. The predicted molar refractivity (Wildman–Crippen MR) is 108 cm³/mol. The van der Waals surface area contributed by atoms with E-state index in [9.17, 15) is 19.5 Å². The molecule has 1 aliphatic rings. The third-order valence-electron chi connectivity index (χ3n) is 4.98. The van der Waals surface area contributed by atoms with Gasteiger partial charge in [-0.1, -0.05) is 40.9 Å². The number of halogens is 1. The van der Waals surface area contributed by atoms with Crippen molar-refractivity contribution in [3.05, 3.63) is 39.7 Å². The van der Waals surface area contributed by atoms with Crippen molar-refractivity contribution >= 4 is 50.1 Å². The van der Waals surface area contributed by atoms with Gasteiger partial charge in [-0.05, 0) is 30.5 Å². The lowest BCUT2D eigenvalue weighted by atomic mass is 9.79. The predicted octanol–water partition coefficient (Wildman–Crippen LogP) is 3.46. The summed E-state index contributed by atoms with van der Waals surface area (Å²) in [5.41, 5.74) is 1.73. The Labute approximate surface area is 175 Å². The van der Waals surface area contributed by atoms with Gasteiger partial charge in [-0.2, -0.15) is 0 Å². The summed E-state index contributed by atoms with van der Waals surface area (Å²) in [6.07, 6.45) is 2.48. The number of benzene rings is 1. The van der Waals surface area contributed by atoms with Gasteiger partial charge in [-0.3, -0.25) is 4.79 Å². The average molecular weight is 465 g/mol. The van der Waals surface area contributed by atoms with Gasteiger partial charge in [0.25, 0.3) is 0 Å². The van der Waals surface area contributed by atoms with Crippen LogP contribution in [-0.2, 0) is 14.3 Å². The van der Waals surface area contributed by atoms with Crippen LogP contribution in [0, 0.1) is 11.8 Å². The zero-order valence-electron chi connectivity index (χ0n) is 15.2. The van der Waals surface area contributed by atoms with Crippen LogP contribution in [0.2, 0.25) is 0 Å². The van der Waals surface area contributed by atoms with Crippen LogP contribution in [0.3, 0.4) is 0 Å². The Morgan fingerprint density at radius 3 is 2.39 bits per heavy atom. The van der Waals surface area contributed by atoms with Crippen molar-refractivity contribution in [1.82, 2.24) is 0 Å². The second-order valence-electron chi connectivity index (χ2n) is 6.66. The summed E-state index contributed by atoms with van der Waals surface area (Å²) in [4.78, 5) is 36.6. The quantitative estimate of drug-likeness (QED) is 0.683. The van der Waals surface area contributed by atoms with E-state index >= 15 is 0 Å². The number of hydrogen-bond donors (Lipinski definition) is 1. The van der Waals surface area contributed by atoms with Gasteiger partial charge in [0.1, 0.15) is 10.6 Å². The van der Waals surface area contributed by atoms with E-state index in [1.54, 1.807) is 5.38 Å². The van der Waals surface area contributed by atoms with Crippen LogP contribution in [0.25, 0.3) is 11.1 Å². The SMILES string of the molecule is COC(=O)c1c(-c2ccc(Br)cc2)csc1NC(=O)C1CCCCC1C(=O)[O-]. The molecule has 1 aromatic carbocycles. The monoisotopic (exact) mass is 464 g/mol. The molecule has 0 aliphatic heterocycles. The number of carbonyl (C=O) groups is 3. The molecule has 2 aromatic rings. The van der Waals surface area contributed by atoms with Gasteiger partial charge >= 0.3 is 5.97 Å². The smallest absolute Gasteiger partial charge is 0.341 e. The number of ether oxygens (including phenoxy) is 1. The lowest BCUT2D eigenvalue weighted by molar-refractivity contribution is -0.313. The number of esters is 1. The van der Waals surface area contributed by atoms with E-state index in [0.29, 0.717) is 23.4 Å². The fourth-order valence-electron chi connectivity index (χ4n) is 3.53. The first-order valence-electron chi connectivity index (χ1n) is 8.89. The third-order valence-corrected chi connectivity index (χ3v) is 6.40. The summed E-state index contributed by atoms with van der Waals surface area (Å²) in [6, 6.07) is 7.44. The molecule has 1 N–H and O–H groups in total. The van der Waals surface area contributed by atoms with Crippen LogP contribution in [0.1, 0.15) is 36.0 Å². The van der Waals surface area contributed by atoms with Crippen molar-refractivity contribution < 1.29 is 24.2 Å². The molecule has 8 heteroatoms. The molecule has 1 heterocycles. The van der Waals surface area contributed by atoms with E-state index in [1.165, 1.54) is 18.4 Å². The standard InChI is InChI=1S/C20H20BrNO5S/c1-27-20(26)16-15(11-6-8-12(21)9-7-11)10-28-18(16)22-17(23)13-4-2-3-5-14(13)19(24)25/h6-10,13-14H,2-5H2,1H3,(H,22,23)(H,24,25)/p-1. The van der Waals surface area contributed by atoms with Crippen LogP contribution in [0.15, 0.2) is 34.1 Å². The number of thiophene rings is 1. The Hall–Kier alpha value is -2.19. The number of rotatable bonds is 5. The maximum absolute atomic E-state index is 12.8. The van der Waals surface area contributed by atoms with Crippen LogP contribution in [-0.4, -0.2) is 25.0 Å². The minimum Gasteiger partial charge on any atom is -0.550 e. The van der Waals surface area contributed by atoms with Crippen molar-refractivity contribution in [2.24, 2.45) is 11.8 Å². The molecule has 0 radical (unpaired) electrons. The summed E-state index contributed by atoms with van der Waals surface area (Å²) in [5, 5.41) is 16.3. The van der Waals surface area contributed by atoms with Crippen molar-refractivity contribution in [3.63, 3.8) is 0 Å². The number of carboxylic acid groups (broad SMARTS) is 1. The third kappa shape index (κ3) is 4.28. The van der Waals surface area contributed by atoms with E-state index in [-0.39, 0.29) is 5.56 Å². The maximum Gasteiger partial charge on any atom is 0.341 e. The summed E-state index contributed by atoms with van der Waals surface area (Å²) < 4.78 is 5.82. The normalized spacial score (nSPS) is 19.1. The molecule has 0 bridgehead atoms. The van der Waals surface area contributed by atoms with Gasteiger partial charge in [-0.15, -0.1) is 11.3 Å². The molecule has 6 nitrogen and oxygen atoms in total. The fourth-order valence-corrected chi connectivity index (χ4v) is 4.75. The molecule has 1 saturated carbocycles. The van der Waals surface area contributed by atoms with E-state index in [2.05, 4.69) is 21.2 Å². The van der Waals surface area contributed by atoms with Gasteiger partial charge in [0.05, 0.1) is 7.11 Å². The van der Waals surface area contributed by atoms with Crippen LogP contribution in [0.4, 0.5) is 5.00 Å². The first-order valence-corrected chi connectivity index (χ1v) is 10.6. The highest BCUT2D eigenvalue weighted by Crippen LogP contribution is 2.38. The number of carbonyl (C=O) groups excluding carboxylic acids is 3. The summed E-state index contributed by atoms with van der Waals surface area (Å²) in [5.74, 6) is -3.63. The van der Waals surface area contributed by atoms with Gasteiger partial charge in [0, 0.05) is 33.2 Å². The van der Waals surface area contributed by atoms with E-state index in [4.69, 9.17) is 4.74 Å².